The van der Waals surface area contributed by atoms with Gasteiger partial charge in [-0.25, -0.2) is 0 Å². The van der Waals surface area contributed by atoms with E-state index in [1.807, 2.05) is 0 Å². The van der Waals surface area contributed by atoms with Gasteiger partial charge in [0.15, 0.2) is 0 Å². The molecule has 0 fully saturated rings. The molecule has 0 aromatic rings. The Morgan fingerprint density at radius 1 is 1.20 bits per heavy atom. The van der Waals surface area contributed by atoms with Crippen molar-refractivity contribution in [2.24, 2.45) is 0 Å². The molecule has 0 aliphatic heterocycles. The Morgan fingerprint density at radius 2 is 2.00 bits per heavy atom. The van der Waals surface area contributed by atoms with Crippen molar-refractivity contribution in [3.63, 3.8) is 0 Å². The first-order chi connectivity index (χ1) is 7.31. The van der Waals surface area contributed by atoms with E-state index in [0.717, 1.165) is 12.8 Å². The fraction of sp³-hybridized carbons (Fsp3) is 0.909. The molecule has 0 aliphatic carbocycles. The fourth-order valence-corrected chi connectivity index (χ4v) is 1.13. The van der Waals surface area contributed by atoms with Crippen LogP contribution in [0.15, 0.2) is 0 Å². The minimum atomic E-state index is -0.178. The van der Waals surface area contributed by atoms with E-state index < -0.39 is 0 Å². The predicted octanol–water partition coefficient (Wildman–Crippen LogP) is 1.35. The Bertz CT molecular complexity index is 151. The normalized spacial score (nSPS) is 10.3. The first-order valence-corrected chi connectivity index (χ1v) is 5.66. The van der Waals surface area contributed by atoms with Gasteiger partial charge >= 0.3 is 5.97 Å². The van der Waals surface area contributed by atoms with Crippen LogP contribution in [0.2, 0.25) is 0 Å². The van der Waals surface area contributed by atoms with Gasteiger partial charge in [-0.15, -0.1) is 0 Å². The van der Waals surface area contributed by atoms with E-state index in [9.17, 15) is 4.79 Å². The third kappa shape index (κ3) is 11.3. The average molecular weight is 217 g/mol. The van der Waals surface area contributed by atoms with Crippen LogP contribution in [-0.2, 0) is 14.3 Å². The van der Waals surface area contributed by atoms with Crippen LogP contribution in [0, 0.1) is 0 Å². The lowest BCUT2D eigenvalue weighted by atomic mass is 10.2. The van der Waals surface area contributed by atoms with E-state index in [4.69, 9.17) is 9.47 Å². The minimum Gasteiger partial charge on any atom is -0.465 e. The smallest absolute Gasteiger partial charge is 0.319 e. The maximum Gasteiger partial charge on any atom is 0.319 e. The molecule has 0 saturated heterocycles. The van der Waals surface area contributed by atoms with Gasteiger partial charge in [0.25, 0.3) is 0 Å². The number of rotatable bonds is 10. The van der Waals surface area contributed by atoms with Gasteiger partial charge in [-0.05, 0) is 6.42 Å². The number of ether oxygens (including phenoxy) is 2. The zero-order valence-electron chi connectivity index (χ0n) is 9.88. The first-order valence-electron chi connectivity index (χ1n) is 5.66. The Labute approximate surface area is 92.3 Å². The highest BCUT2D eigenvalue weighted by Gasteiger charge is 2.00. The summed E-state index contributed by atoms with van der Waals surface area (Å²) >= 11 is 0. The summed E-state index contributed by atoms with van der Waals surface area (Å²) in [4.78, 5) is 11.1. The van der Waals surface area contributed by atoms with E-state index in [0.29, 0.717) is 19.8 Å². The Kier molecular flexibility index (Phi) is 11.0. The molecule has 0 radical (unpaired) electrons. The second-order valence-corrected chi connectivity index (χ2v) is 3.45. The van der Waals surface area contributed by atoms with Crippen molar-refractivity contribution in [2.75, 3.05) is 33.4 Å². The second-order valence-electron chi connectivity index (χ2n) is 3.45. The van der Waals surface area contributed by atoms with Crippen LogP contribution in [0.5, 0.6) is 0 Å². The van der Waals surface area contributed by atoms with Crippen molar-refractivity contribution >= 4 is 5.97 Å². The lowest BCUT2D eigenvalue weighted by molar-refractivity contribution is -0.142. The van der Waals surface area contributed by atoms with E-state index in [-0.39, 0.29) is 12.5 Å². The molecule has 0 unspecified atom stereocenters. The number of methoxy groups -OCH3 is 1. The largest absolute Gasteiger partial charge is 0.465 e. The summed E-state index contributed by atoms with van der Waals surface area (Å²) in [6.45, 7) is 4.28. The quantitative estimate of drug-likeness (QED) is 0.443. The second kappa shape index (κ2) is 11.5. The number of carbonyl (C=O) groups excluding carboxylic acids is 1. The Balaban J connectivity index is 3.11. The van der Waals surface area contributed by atoms with Crippen molar-refractivity contribution in [1.29, 1.82) is 0 Å². The number of hydrogen-bond acceptors (Lipinski definition) is 4. The van der Waals surface area contributed by atoms with Crippen molar-refractivity contribution in [3.05, 3.63) is 0 Å². The summed E-state index contributed by atoms with van der Waals surface area (Å²) in [7, 11) is 1.63. The molecule has 0 aliphatic rings. The van der Waals surface area contributed by atoms with Crippen molar-refractivity contribution in [2.45, 2.75) is 32.6 Å². The molecule has 0 heterocycles. The van der Waals surface area contributed by atoms with Crippen LogP contribution in [0.1, 0.15) is 32.6 Å². The zero-order valence-corrected chi connectivity index (χ0v) is 9.88. The highest BCUT2D eigenvalue weighted by molar-refractivity contribution is 5.71. The molecular formula is C11H23NO3. The maximum atomic E-state index is 11.1. The molecule has 90 valence electrons. The van der Waals surface area contributed by atoms with E-state index in [1.165, 1.54) is 12.8 Å². The van der Waals surface area contributed by atoms with Crippen molar-refractivity contribution in [3.8, 4) is 0 Å². The van der Waals surface area contributed by atoms with Crippen LogP contribution >= 0.6 is 0 Å². The zero-order chi connectivity index (χ0) is 11.4. The molecule has 0 bridgehead atoms. The van der Waals surface area contributed by atoms with Gasteiger partial charge in [-0.3, -0.25) is 4.79 Å². The lowest BCUT2D eigenvalue weighted by Crippen LogP contribution is -2.27. The number of unbranched alkanes of at least 4 members (excludes halogenated alkanes) is 3. The molecule has 4 heteroatoms. The molecule has 0 aromatic carbocycles. The highest BCUT2D eigenvalue weighted by Crippen LogP contribution is 1.98. The molecule has 0 aromatic heterocycles. The molecule has 0 spiro atoms. The SMILES string of the molecule is CCCCCCOC(=O)CNCCOC. The van der Waals surface area contributed by atoms with Gasteiger partial charge in [0.05, 0.1) is 19.8 Å². The van der Waals surface area contributed by atoms with Gasteiger partial charge in [0.2, 0.25) is 0 Å². The third-order valence-electron chi connectivity index (χ3n) is 2.01. The number of carbonyl (C=O) groups is 1. The summed E-state index contributed by atoms with van der Waals surface area (Å²) in [5.41, 5.74) is 0. The first kappa shape index (κ1) is 14.4. The van der Waals surface area contributed by atoms with Gasteiger partial charge in [0, 0.05) is 13.7 Å². The standard InChI is InChI=1S/C11H23NO3/c1-3-4-5-6-8-15-11(13)10-12-7-9-14-2/h12H,3-10H2,1-2H3. The van der Waals surface area contributed by atoms with E-state index in [1.54, 1.807) is 7.11 Å². The molecule has 0 rings (SSSR count). The average Bonchev–Trinajstić information content (AvgIpc) is 2.24. The van der Waals surface area contributed by atoms with Gasteiger partial charge < -0.3 is 14.8 Å². The molecular weight excluding hydrogens is 194 g/mol. The molecule has 0 atom stereocenters. The lowest BCUT2D eigenvalue weighted by Gasteiger charge is -2.05. The molecule has 1 N–H and O–H groups in total. The monoisotopic (exact) mass is 217 g/mol. The highest BCUT2D eigenvalue weighted by atomic mass is 16.5. The summed E-state index contributed by atoms with van der Waals surface area (Å²) in [6, 6.07) is 0. The summed E-state index contributed by atoms with van der Waals surface area (Å²) in [6.07, 6.45) is 4.52. The summed E-state index contributed by atoms with van der Waals surface area (Å²) in [5, 5.41) is 2.94. The summed E-state index contributed by atoms with van der Waals surface area (Å²) in [5.74, 6) is -0.178. The minimum absolute atomic E-state index is 0.178. The molecule has 0 saturated carbocycles. The predicted molar refractivity (Wildman–Crippen MR) is 59.8 cm³/mol. The number of nitrogens with one attached hydrogen (secondary N) is 1. The topological polar surface area (TPSA) is 47.6 Å². The number of esters is 1. The maximum absolute atomic E-state index is 11.1. The van der Waals surface area contributed by atoms with Crippen molar-refractivity contribution in [1.82, 2.24) is 5.32 Å². The van der Waals surface area contributed by atoms with Gasteiger partial charge in [-0.2, -0.15) is 0 Å². The van der Waals surface area contributed by atoms with Crippen molar-refractivity contribution < 1.29 is 14.3 Å². The molecule has 0 amide bonds. The Morgan fingerprint density at radius 3 is 2.67 bits per heavy atom. The number of hydrogen-bond donors (Lipinski definition) is 1. The molecule has 4 nitrogen and oxygen atoms in total. The summed E-state index contributed by atoms with van der Waals surface area (Å²) < 4.78 is 9.86. The van der Waals surface area contributed by atoms with Gasteiger partial charge in [-0.1, -0.05) is 26.2 Å². The fourth-order valence-electron chi connectivity index (χ4n) is 1.13. The Hall–Kier alpha value is -0.610. The van der Waals surface area contributed by atoms with Crippen LogP contribution in [-0.4, -0.2) is 39.4 Å². The van der Waals surface area contributed by atoms with E-state index in [2.05, 4.69) is 12.2 Å². The van der Waals surface area contributed by atoms with Crippen LogP contribution in [0.3, 0.4) is 0 Å². The van der Waals surface area contributed by atoms with Crippen LogP contribution in [0.4, 0.5) is 0 Å². The van der Waals surface area contributed by atoms with Gasteiger partial charge in [0.1, 0.15) is 0 Å². The van der Waals surface area contributed by atoms with Crippen LogP contribution < -0.4 is 5.32 Å². The van der Waals surface area contributed by atoms with Crippen LogP contribution in [0.25, 0.3) is 0 Å². The van der Waals surface area contributed by atoms with E-state index >= 15 is 0 Å². The molecule has 15 heavy (non-hydrogen) atoms. The third-order valence-corrected chi connectivity index (χ3v) is 2.01.